The molecule has 0 atom stereocenters. The van der Waals surface area contributed by atoms with Gasteiger partial charge in [0, 0.05) is 10.9 Å². The number of nitrogens with zero attached hydrogens (tertiary/aromatic N) is 1. The summed E-state index contributed by atoms with van der Waals surface area (Å²) in [4.78, 5) is 43.4. The van der Waals surface area contributed by atoms with Crippen LogP contribution in [0.4, 0.5) is 0 Å². The minimum Gasteiger partial charge on any atom is -0.305 e. The lowest BCUT2D eigenvalue weighted by molar-refractivity contribution is 0.112. The molecule has 6 nitrogen and oxygen atoms in total. The van der Waals surface area contributed by atoms with Gasteiger partial charge in [0.1, 0.15) is 0 Å². The molecule has 0 fully saturated rings. The molecule has 0 spiro atoms. The molecule has 0 unspecified atom stereocenters. The molecule has 0 aliphatic rings. The zero-order valence-corrected chi connectivity index (χ0v) is 10.9. The minimum atomic E-state index is -0.657. The van der Waals surface area contributed by atoms with Gasteiger partial charge in [0.05, 0.1) is 11.0 Å². The van der Waals surface area contributed by atoms with E-state index in [4.69, 9.17) is 0 Å². The highest BCUT2D eigenvalue weighted by molar-refractivity contribution is 6.07. The lowest BCUT2D eigenvalue weighted by Gasteiger charge is -2.08. The van der Waals surface area contributed by atoms with E-state index in [1.807, 2.05) is 26.0 Å². The molecule has 3 rings (SSSR count). The Morgan fingerprint density at radius 3 is 2.50 bits per heavy atom. The Hall–Kier alpha value is -2.76. The summed E-state index contributed by atoms with van der Waals surface area (Å²) in [5.74, 6) is 0. The normalized spacial score (nSPS) is 11.1. The molecule has 0 saturated heterocycles. The van der Waals surface area contributed by atoms with Gasteiger partial charge in [-0.15, -0.1) is 0 Å². The Bertz CT molecular complexity index is 983. The molecule has 0 aliphatic heterocycles. The molecule has 0 saturated carbocycles. The number of benzene rings is 1. The average Bonchev–Trinajstić information content (AvgIpc) is 2.39. The number of aryl methyl sites for hydroxylation is 2. The standard InChI is InChI=1S/C14H11N3O3/c1-6-3-8-9(5-18)11-12(13(19)17-14(20)16-11)15-10(8)4-7(6)2/h3-5H,1-2H3,(H2,16,17,19,20). The van der Waals surface area contributed by atoms with Crippen LogP contribution in [0.15, 0.2) is 21.7 Å². The van der Waals surface area contributed by atoms with Crippen molar-refractivity contribution in [2.45, 2.75) is 13.8 Å². The lowest BCUT2D eigenvalue weighted by Crippen LogP contribution is -2.23. The van der Waals surface area contributed by atoms with Crippen LogP contribution in [-0.4, -0.2) is 21.2 Å². The molecular weight excluding hydrogens is 258 g/mol. The Labute approximate surface area is 112 Å². The number of hydrogen-bond acceptors (Lipinski definition) is 4. The van der Waals surface area contributed by atoms with Crippen molar-refractivity contribution in [2.24, 2.45) is 0 Å². The number of carbonyl (C=O) groups excluding carboxylic acids is 1. The van der Waals surface area contributed by atoms with Crippen LogP contribution in [0, 0.1) is 13.8 Å². The zero-order chi connectivity index (χ0) is 14.4. The third-order valence-corrected chi connectivity index (χ3v) is 3.44. The summed E-state index contributed by atoms with van der Waals surface area (Å²) in [6.45, 7) is 3.85. The molecule has 3 aromatic rings. The molecule has 0 aliphatic carbocycles. The fourth-order valence-electron chi connectivity index (χ4n) is 2.27. The summed E-state index contributed by atoms with van der Waals surface area (Å²) in [6, 6.07) is 3.65. The Balaban J connectivity index is 2.68. The van der Waals surface area contributed by atoms with E-state index in [1.165, 1.54) is 0 Å². The molecular formula is C14H11N3O3. The SMILES string of the molecule is Cc1cc2nc3c(=O)[nH]c(=O)[nH]c3c(C=O)c2cc1C. The number of hydrogen-bond donors (Lipinski definition) is 2. The highest BCUT2D eigenvalue weighted by Crippen LogP contribution is 2.24. The molecule has 0 bridgehead atoms. The molecule has 0 radical (unpaired) electrons. The second kappa shape index (κ2) is 4.12. The van der Waals surface area contributed by atoms with E-state index >= 15 is 0 Å². The van der Waals surface area contributed by atoms with Crippen LogP contribution >= 0.6 is 0 Å². The lowest BCUT2D eigenvalue weighted by atomic mass is 10.0. The fourth-order valence-corrected chi connectivity index (χ4v) is 2.27. The molecule has 2 N–H and O–H groups in total. The van der Waals surface area contributed by atoms with Crippen LogP contribution in [0.2, 0.25) is 0 Å². The first-order chi connectivity index (χ1) is 9.51. The van der Waals surface area contributed by atoms with Gasteiger partial charge in [0.2, 0.25) is 0 Å². The fraction of sp³-hybridized carbons (Fsp3) is 0.143. The zero-order valence-electron chi connectivity index (χ0n) is 10.9. The van der Waals surface area contributed by atoms with Crippen LogP contribution < -0.4 is 11.2 Å². The summed E-state index contributed by atoms with van der Waals surface area (Å²) in [5, 5.41) is 0.622. The topological polar surface area (TPSA) is 95.7 Å². The van der Waals surface area contributed by atoms with Gasteiger partial charge in [0.25, 0.3) is 5.56 Å². The van der Waals surface area contributed by atoms with Gasteiger partial charge in [-0.3, -0.25) is 14.6 Å². The molecule has 1 aromatic carbocycles. The molecule has 2 aromatic heterocycles. The van der Waals surface area contributed by atoms with E-state index in [2.05, 4.69) is 15.0 Å². The van der Waals surface area contributed by atoms with Crippen molar-refractivity contribution >= 4 is 28.2 Å². The number of nitrogens with one attached hydrogen (secondary N) is 2. The van der Waals surface area contributed by atoms with Crippen LogP contribution in [-0.2, 0) is 0 Å². The first kappa shape index (κ1) is 12.3. The van der Waals surface area contributed by atoms with Crippen molar-refractivity contribution in [3.63, 3.8) is 0 Å². The van der Waals surface area contributed by atoms with Crippen molar-refractivity contribution in [2.75, 3.05) is 0 Å². The maximum absolute atomic E-state index is 11.8. The monoisotopic (exact) mass is 269 g/mol. The van der Waals surface area contributed by atoms with Crippen LogP contribution in [0.1, 0.15) is 21.5 Å². The summed E-state index contributed by atoms with van der Waals surface area (Å²) < 4.78 is 0. The van der Waals surface area contributed by atoms with Crippen LogP contribution in [0.3, 0.4) is 0 Å². The highest BCUT2D eigenvalue weighted by Gasteiger charge is 2.13. The summed E-state index contributed by atoms with van der Waals surface area (Å²) >= 11 is 0. The largest absolute Gasteiger partial charge is 0.326 e. The number of aromatic nitrogens is 3. The maximum Gasteiger partial charge on any atom is 0.326 e. The number of fused-ring (bicyclic) bond motifs is 2. The molecule has 0 amide bonds. The van der Waals surface area contributed by atoms with E-state index < -0.39 is 11.2 Å². The van der Waals surface area contributed by atoms with Gasteiger partial charge >= 0.3 is 5.69 Å². The van der Waals surface area contributed by atoms with Crippen LogP contribution in [0.25, 0.3) is 21.9 Å². The van der Waals surface area contributed by atoms with Gasteiger partial charge in [-0.1, -0.05) is 0 Å². The van der Waals surface area contributed by atoms with Gasteiger partial charge in [-0.25, -0.2) is 9.78 Å². The summed E-state index contributed by atoms with van der Waals surface area (Å²) in [7, 11) is 0. The first-order valence-electron chi connectivity index (χ1n) is 6.03. The summed E-state index contributed by atoms with van der Waals surface area (Å²) in [5.41, 5.74) is 1.82. The Morgan fingerprint density at radius 2 is 1.80 bits per heavy atom. The second-order valence-corrected chi connectivity index (χ2v) is 4.73. The first-order valence-corrected chi connectivity index (χ1v) is 6.03. The van der Waals surface area contributed by atoms with Crippen LogP contribution in [0.5, 0.6) is 0 Å². The molecule has 2 heterocycles. The number of pyridine rings is 1. The third kappa shape index (κ3) is 1.65. The average molecular weight is 269 g/mol. The third-order valence-electron chi connectivity index (χ3n) is 3.44. The molecule has 100 valence electrons. The highest BCUT2D eigenvalue weighted by atomic mass is 16.2. The number of carbonyl (C=O) groups is 1. The van der Waals surface area contributed by atoms with E-state index in [0.29, 0.717) is 17.2 Å². The molecule has 20 heavy (non-hydrogen) atoms. The number of rotatable bonds is 1. The maximum atomic E-state index is 11.8. The van der Waals surface area contributed by atoms with Gasteiger partial charge in [0.15, 0.2) is 11.8 Å². The number of H-pyrrole nitrogens is 2. The predicted octanol–water partition coefficient (Wildman–Crippen LogP) is 1.19. The van der Waals surface area contributed by atoms with Gasteiger partial charge < -0.3 is 4.98 Å². The Morgan fingerprint density at radius 1 is 1.10 bits per heavy atom. The smallest absolute Gasteiger partial charge is 0.305 e. The number of aromatic amines is 2. The van der Waals surface area contributed by atoms with Gasteiger partial charge in [-0.05, 0) is 37.1 Å². The van der Waals surface area contributed by atoms with E-state index in [0.717, 1.165) is 11.1 Å². The quantitative estimate of drug-likeness (QED) is 0.512. The Kier molecular flexibility index (Phi) is 2.53. The second-order valence-electron chi connectivity index (χ2n) is 4.73. The minimum absolute atomic E-state index is 0.0578. The van der Waals surface area contributed by atoms with Crippen molar-refractivity contribution in [3.8, 4) is 0 Å². The van der Waals surface area contributed by atoms with E-state index in [-0.39, 0.29) is 16.6 Å². The van der Waals surface area contributed by atoms with Crippen molar-refractivity contribution < 1.29 is 4.79 Å². The van der Waals surface area contributed by atoms with Crippen molar-refractivity contribution in [3.05, 3.63) is 49.7 Å². The van der Waals surface area contributed by atoms with Gasteiger partial charge in [-0.2, -0.15) is 0 Å². The van der Waals surface area contributed by atoms with E-state index in [1.54, 1.807) is 0 Å². The van der Waals surface area contributed by atoms with E-state index in [9.17, 15) is 14.4 Å². The van der Waals surface area contributed by atoms with Crippen molar-refractivity contribution in [1.29, 1.82) is 0 Å². The molecule has 6 heteroatoms. The van der Waals surface area contributed by atoms with Crippen molar-refractivity contribution in [1.82, 2.24) is 15.0 Å². The summed E-state index contributed by atoms with van der Waals surface area (Å²) in [6.07, 6.45) is 0.635. The predicted molar refractivity (Wildman–Crippen MR) is 75.4 cm³/mol. The number of aldehydes is 1.